The first-order valence-corrected chi connectivity index (χ1v) is 3.39. The lowest BCUT2D eigenvalue weighted by Gasteiger charge is -2.05. The van der Waals surface area contributed by atoms with Gasteiger partial charge in [0.05, 0.1) is 11.3 Å². The lowest BCUT2D eigenvalue weighted by molar-refractivity contribution is 0.152. The highest BCUT2D eigenvalue weighted by atomic mass is 35.5. The van der Waals surface area contributed by atoms with Crippen LogP contribution < -0.4 is 11.5 Å². The van der Waals surface area contributed by atoms with E-state index in [-0.39, 0.29) is 16.7 Å². The van der Waals surface area contributed by atoms with E-state index in [1.54, 1.807) is 0 Å². The lowest BCUT2D eigenvalue weighted by Crippen LogP contribution is -2.01. The number of rotatable bonds is 1. The van der Waals surface area contributed by atoms with Gasteiger partial charge in [-0.3, -0.25) is 0 Å². The molecule has 1 rings (SSSR count). The maximum Gasteiger partial charge on any atom is 0.267 e. The topological polar surface area (TPSA) is 64.9 Å². The van der Waals surface area contributed by atoms with E-state index < -0.39 is 12.0 Å². The number of pyridine rings is 1. The average Bonchev–Trinajstić information content (AvgIpc) is 1.96. The summed E-state index contributed by atoms with van der Waals surface area (Å²) < 4.78 is 24.2. The zero-order chi connectivity index (χ0) is 9.30. The van der Waals surface area contributed by atoms with Crippen molar-refractivity contribution < 1.29 is 8.78 Å². The van der Waals surface area contributed by atoms with E-state index in [1.165, 1.54) is 0 Å². The van der Waals surface area contributed by atoms with Gasteiger partial charge in [0, 0.05) is 0 Å². The van der Waals surface area contributed by atoms with Crippen LogP contribution in [0.3, 0.4) is 0 Å². The second-order valence-corrected chi connectivity index (χ2v) is 2.50. The Morgan fingerprint density at radius 2 is 2.00 bits per heavy atom. The first kappa shape index (κ1) is 8.99. The predicted molar refractivity (Wildman–Crippen MR) is 43.0 cm³/mol. The molecular weight excluding hydrogens is 188 g/mol. The van der Waals surface area contributed by atoms with Crippen molar-refractivity contribution in [2.45, 2.75) is 6.43 Å². The van der Waals surface area contributed by atoms with Gasteiger partial charge in [-0.15, -0.1) is 0 Å². The van der Waals surface area contributed by atoms with Crippen molar-refractivity contribution in [3.05, 3.63) is 16.8 Å². The Balaban J connectivity index is 3.23. The van der Waals surface area contributed by atoms with Gasteiger partial charge in [-0.1, -0.05) is 11.6 Å². The summed E-state index contributed by atoms with van der Waals surface area (Å²) in [6.07, 6.45) is -2.68. The minimum absolute atomic E-state index is 0.00108. The molecule has 0 saturated carbocycles. The number of anilines is 2. The maximum atomic E-state index is 12.1. The van der Waals surface area contributed by atoms with Gasteiger partial charge in [0.1, 0.15) is 5.82 Å². The molecule has 0 atom stereocenters. The van der Waals surface area contributed by atoms with Crippen LogP contribution in [0.15, 0.2) is 6.07 Å². The third kappa shape index (κ3) is 1.55. The van der Waals surface area contributed by atoms with Crippen molar-refractivity contribution in [2.75, 3.05) is 11.5 Å². The monoisotopic (exact) mass is 193 g/mol. The van der Waals surface area contributed by atoms with E-state index >= 15 is 0 Å². The van der Waals surface area contributed by atoms with Gasteiger partial charge >= 0.3 is 0 Å². The molecular formula is C6H6ClF2N3. The zero-order valence-electron chi connectivity index (χ0n) is 5.89. The van der Waals surface area contributed by atoms with Crippen LogP contribution in [0, 0.1) is 0 Å². The molecule has 4 N–H and O–H groups in total. The van der Waals surface area contributed by atoms with Crippen LogP contribution >= 0.6 is 11.6 Å². The first-order chi connectivity index (χ1) is 5.52. The number of nitrogen functional groups attached to an aromatic ring is 2. The number of aromatic nitrogens is 1. The number of hydrogen-bond donors (Lipinski definition) is 2. The quantitative estimate of drug-likeness (QED) is 0.669. The molecule has 0 aromatic carbocycles. The average molecular weight is 194 g/mol. The Hall–Kier alpha value is -1.10. The molecule has 0 fully saturated rings. The number of halogens is 3. The molecule has 0 aliphatic heterocycles. The molecule has 3 nitrogen and oxygen atoms in total. The highest BCUT2D eigenvalue weighted by molar-refractivity contribution is 6.31. The maximum absolute atomic E-state index is 12.1. The number of nitrogens with zero attached hydrogens (tertiary/aromatic N) is 1. The summed E-state index contributed by atoms with van der Waals surface area (Å²) in [6.45, 7) is 0. The molecule has 0 radical (unpaired) electrons. The summed E-state index contributed by atoms with van der Waals surface area (Å²) >= 11 is 5.43. The van der Waals surface area contributed by atoms with Crippen LogP contribution in [-0.2, 0) is 0 Å². The Morgan fingerprint density at radius 1 is 1.42 bits per heavy atom. The molecule has 0 bridgehead atoms. The van der Waals surface area contributed by atoms with Crippen molar-refractivity contribution in [1.29, 1.82) is 0 Å². The third-order valence-corrected chi connectivity index (χ3v) is 1.60. The minimum atomic E-state index is -2.68. The van der Waals surface area contributed by atoms with Crippen molar-refractivity contribution in [3.63, 3.8) is 0 Å². The molecule has 12 heavy (non-hydrogen) atoms. The van der Waals surface area contributed by atoms with Crippen molar-refractivity contribution in [1.82, 2.24) is 4.98 Å². The van der Waals surface area contributed by atoms with Gasteiger partial charge < -0.3 is 11.5 Å². The Labute approximate surface area is 72.3 Å². The Morgan fingerprint density at radius 3 is 2.50 bits per heavy atom. The van der Waals surface area contributed by atoms with Gasteiger partial charge in [0.25, 0.3) is 6.43 Å². The molecule has 0 unspecified atom stereocenters. The summed E-state index contributed by atoms with van der Waals surface area (Å²) in [5.41, 5.74) is 10.0. The molecule has 1 aromatic heterocycles. The van der Waals surface area contributed by atoms with Crippen molar-refractivity contribution in [2.24, 2.45) is 0 Å². The predicted octanol–water partition coefficient (Wildman–Crippen LogP) is 1.84. The van der Waals surface area contributed by atoms with E-state index in [9.17, 15) is 8.78 Å². The van der Waals surface area contributed by atoms with Crippen LogP contribution in [0.2, 0.25) is 5.15 Å². The van der Waals surface area contributed by atoms with Crippen LogP contribution in [0.1, 0.15) is 12.0 Å². The molecule has 66 valence electrons. The molecule has 1 heterocycles. The summed E-state index contributed by atoms with van der Waals surface area (Å²) in [5.74, 6) is -0.288. The van der Waals surface area contributed by atoms with Gasteiger partial charge in [0.2, 0.25) is 0 Å². The van der Waals surface area contributed by atoms with E-state index in [4.69, 9.17) is 23.1 Å². The second kappa shape index (κ2) is 3.10. The van der Waals surface area contributed by atoms with Crippen LogP contribution in [0.4, 0.5) is 20.3 Å². The van der Waals surface area contributed by atoms with Crippen LogP contribution in [-0.4, -0.2) is 4.98 Å². The third-order valence-electron chi connectivity index (χ3n) is 1.30. The Kier molecular flexibility index (Phi) is 2.32. The fourth-order valence-electron chi connectivity index (χ4n) is 0.711. The number of nitrogens with two attached hydrogens (primary N) is 2. The zero-order valence-corrected chi connectivity index (χ0v) is 6.65. The minimum Gasteiger partial charge on any atom is -0.396 e. The molecule has 1 aromatic rings. The summed E-state index contributed by atoms with van der Waals surface area (Å²) in [5, 5.41) is -0.0584. The number of alkyl halides is 2. The van der Waals surface area contributed by atoms with Crippen LogP contribution in [0.5, 0.6) is 0 Å². The number of hydrogen-bond acceptors (Lipinski definition) is 3. The molecule has 6 heteroatoms. The summed E-state index contributed by atoms with van der Waals surface area (Å²) in [4.78, 5) is 3.43. The Bertz CT molecular complexity index is 303. The van der Waals surface area contributed by atoms with Crippen molar-refractivity contribution >= 4 is 23.1 Å². The van der Waals surface area contributed by atoms with E-state index in [2.05, 4.69) is 4.98 Å². The van der Waals surface area contributed by atoms with E-state index in [0.717, 1.165) is 6.07 Å². The SMILES string of the molecule is Nc1cc(C(F)F)c(N)nc1Cl. The largest absolute Gasteiger partial charge is 0.396 e. The summed E-state index contributed by atoms with van der Waals surface area (Å²) in [7, 11) is 0. The fraction of sp³-hybridized carbons (Fsp3) is 0.167. The molecule has 0 amide bonds. The van der Waals surface area contributed by atoms with Gasteiger partial charge in [0.15, 0.2) is 5.15 Å². The molecule has 0 spiro atoms. The lowest BCUT2D eigenvalue weighted by atomic mass is 10.2. The highest BCUT2D eigenvalue weighted by Gasteiger charge is 2.14. The molecule has 0 aliphatic rings. The van der Waals surface area contributed by atoms with Gasteiger partial charge in [-0.25, -0.2) is 13.8 Å². The van der Waals surface area contributed by atoms with Crippen LogP contribution in [0.25, 0.3) is 0 Å². The normalized spacial score (nSPS) is 10.7. The van der Waals surface area contributed by atoms with E-state index in [1.807, 2.05) is 0 Å². The summed E-state index contributed by atoms with van der Waals surface area (Å²) in [6, 6.07) is 1.02. The fourth-order valence-corrected chi connectivity index (χ4v) is 0.856. The highest BCUT2D eigenvalue weighted by Crippen LogP contribution is 2.28. The standard InChI is InChI=1S/C6H6ClF2N3/c7-4-3(10)1-2(5(8)9)6(11)12-4/h1,5H,10H2,(H2,11,12). The van der Waals surface area contributed by atoms with Crippen molar-refractivity contribution in [3.8, 4) is 0 Å². The van der Waals surface area contributed by atoms with E-state index in [0.29, 0.717) is 0 Å². The van der Waals surface area contributed by atoms with Gasteiger partial charge in [-0.05, 0) is 6.07 Å². The first-order valence-electron chi connectivity index (χ1n) is 3.02. The molecule has 0 aliphatic carbocycles. The second-order valence-electron chi connectivity index (χ2n) is 2.14. The van der Waals surface area contributed by atoms with Gasteiger partial charge in [-0.2, -0.15) is 0 Å². The molecule has 0 saturated heterocycles. The smallest absolute Gasteiger partial charge is 0.267 e.